The quantitative estimate of drug-likeness (QED) is 0.421. The number of benzene rings is 1. The minimum absolute atomic E-state index is 0.0192. The Labute approximate surface area is 225 Å². The van der Waals surface area contributed by atoms with E-state index in [1.54, 1.807) is 7.11 Å². The Morgan fingerprint density at radius 2 is 1.86 bits per heavy atom. The van der Waals surface area contributed by atoms with Gasteiger partial charge in [-0.05, 0) is 73.9 Å². The van der Waals surface area contributed by atoms with Gasteiger partial charge in [-0.1, -0.05) is 18.2 Å². The summed E-state index contributed by atoms with van der Waals surface area (Å²) < 4.78 is 13.3. The third-order valence-corrected chi connectivity index (χ3v) is 7.95. The Kier molecular flexibility index (Phi) is 8.08. The molecule has 2 fully saturated rings. The van der Waals surface area contributed by atoms with Gasteiger partial charge in [0.25, 0.3) is 0 Å². The van der Waals surface area contributed by atoms with Crippen molar-refractivity contribution in [2.24, 2.45) is 0 Å². The van der Waals surface area contributed by atoms with Gasteiger partial charge in [0.2, 0.25) is 0 Å². The van der Waals surface area contributed by atoms with Crippen molar-refractivity contribution in [1.82, 2.24) is 24.7 Å². The minimum atomic E-state index is -0.0192. The summed E-state index contributed by atoms with van der Waals surface area (Å²) in [5.41, 5.74) is 6.09. The molecule has 5 rings (SSSR count). The van der Waals surface area contributed by atoms with E-state index in [-0.39, 0.29) is 12.1 Å². The second-order valence-corrected chi connectivity index (χ2v) is 10.3. The lowest BCUT2D eigenvalue weighted by molar-refractivity contribution is 0.0369. The highest BCUT2D eigenvalue weighted by molar-refractivity contribution is 7.80. The molecule has 2 aliphatic heterocycles. The maximum absolute atomic E-state index is 5.91. The second kappa shape index (κ2) is 11.6. The van der Waals surface area contributed by atoms with E-state index in [0.29, 0.717) is 6.54 Å². The SMILES string of the molecule is COc1ccc(CN2C(=S)N[C@H](c3ccccn3)[C@H]2c2cc(C)n(CCCN3CCOCC3)c2C)cc1. The molecule has 7 nitrogen and oxygen atoms in total. The van der Waals surface area contributed by atoms with Crippen LogP contribution in [0, 0.1) is 13.8 Å². The Hall–Kier alpha value is -2.94. The Morgan fingerprint density at radius 3 is 2.57 bits per heavy atom. The van der Waals surface area contributed by atoms with Crippen LogP contribution in [-0.2, 0) is 17.8 Å². The number of hydrogen-bond donors (Lipinski definition) is 1. The van der Waals surface area contributed by atoms with Crippen LogP contribution in [0.3, 0.4) is 0 Å². The second-order valence-electron chi connectivity index (χ2n) is 9.89. The largest absolute Gasteiger partial charge is 0.497 e. The van der Waals surface area contributed by atoms with Crippen molar-refractivity contribution in [3.05, 3.63) is 82.9 Å². The maximum Gasteiger partial charge on any atom is 0.170 e. The van der Waals surface area contributed by atoms with Gasteiger partial charge in [0.15, 0.2) is 5.11 Å². The molecule has 0 saturated carbocycles. The van der Waals surface area contributed by atoms with Gasteiger partial charge in [0.05, 0.1) is 38.1 Å². The van der Waals surface area contributed by atoms with Gasteiger partial charge in [-0.3, -0.25) is 9.88 Å². The molecule has 2 aromatic heterocycles. The van der Waals surface area contributed by atoms with Crippen LogP contribution in [0.2, 0.25) is 0 Å². The van der Waals surface area contributed by atoms with Crippen molar-refractivity contribution < 1.29 is 9.47 Å². The molecule has 2 atom stereocenters. The Bertz CT molecular complexity index is 1190. The molecular weight excluding hydrogens is 482 g/mol. The number of nitrogens with one attached hydrogen (secondary N) is 1. The summed E-state index contributed by atoms with van der Waals surface area (Å²) >= 11 is 5.91. The first-order valence-corrected chi connectivity index (χ1v) is 13.5. The summed E-state index contributed by atoms with van der Waals surface area (Å²) in [5.74, 6) is 0.856. The molecule has 0 bridgehead atoms. The molecule has 8 heteroatoms. The van der Waals surface area contributed by atoms with Crippen LogP contribution in [0.5, 0.6) is 5.75 Å². The molecule has 0 spiro atoms. The zero-order valence-electron chi connectivity index (χ0n) is 22.0. The van der Waals surface area contributed by atoms with Crippen LogP contribution >= 0.6 is 12.2 Å². The van der Waals surface area contributed by atoms with Gasteiger partial charge in [0, 0.05) is 50.3 Å². The van der Waals surface area contributed by atoms with E-state index in [0.717, 1.165) is 62.4 Å². The fourth-order valence-electron chi connectivity index (χ4n) is 5.59. The summed E-state index contributed by atoms with van der Waals surface area (Å²) in [6.07, 6.45) is 2.98. The summed E-state index contributed by atoms with van der Waals surface area (Å²) in [5, 5.41) is 4.35. The first-order chi connectivity index (χ1) is 18.0. The molecule has 0 radical (unpaired) electrons. The molecule has 37 heavy (non-hydrogen) atoms. The monoisotopic (exact) mass is 519 g/mol. The van der Waals surface area contributed by atoms with Crippen LogP contribution in [0.4, 0.5) is 0 Å². The van der Waals surface area contributed by atoms with Crippen molar-refractivity contribution in [1.29, 1.82) is 0 Å². The Balaban J connectivity index is 1.42. The third kappa shape index (κ3) is 5.66. The lowest BCUT2D eigenvalue weighted by atomic mass is 9.96. The number of rotatable bonds is 9. The number of nitrogens with zero attached hydrogens (tertiary/aromatic N) is 4. The van der Waals surface area contributed by atoms with E-state index in [9.17, 15) is 0 Å². The molecular formula is C29H37N5O2S. The topological polar surface area (TPSA) is 54.8 Å². The number of aryl methyl sites for hydroxylation is 1. The lowest BCUT2D eigenvalue weighted by Crippen LogP contribution is -2.37. The van der Waals surface area contributed by atoms with Crippen LogP contribution in [0.25, 0.3) is 0 Å². The Morgan fingerprint density at radius 1 is 1.08 bits per heavy atom. The predicted octanol–water partition coefficient (Wildman–Crippen LogP) is 4.40. The zero-order chi connectivity index (χ0) is 25.8. The molecule has 1 N–H and O–H groups in total. The number of pyridine rings is 1. The van der Waals surface area contributed by atoms with E-state index < -0.39 is 0 Å². The van der Waals surface area contributed by atoms with E-state index >= 15 is 0 Å². The summed E-state index contributed by atoms with van der Waals surface area (Å²) in [6.45, 7) is 11.0. The molecule has 196 valence electrons. The molecule has 0 amide bonds. The molecule has 4 heterocycles. The van der Waals surface area contributed by atoms with E-state index in [1.165, 1.54) is 22.5 Å². The van der Waals surface area contributed by atoms with Crippen LogP contribution < -0.4 is 10.1 Å². The normalized spacial score (nSPS) is 20.3. The fraction of sp³-hybridized carbons (Fsp3) is 0.448. The summed E-state index contributed by atoms with van der Waals surface area (Å²) in [4.78, 5) is 9.53. The number of aromatic nitrogens is 2. The highest BCUT2D eigenvalue weighted by Crippen LogP contribution is 2.41. The first kappa shape index (κ1) is 25.7. The summed E-state index contributed by atoms with van der Waals surface area (Å²) in [7, 11) is 1.69. The molecule has 0 unspecified atom stereocenters. The number of morpholine rings is 1. The van der Waals surface area contributed by atoms with Crippen LogP contribution in [-0.4, -0.2) is 64.4 Å². The van der Waals surface area contributed by atoms with Crippen molar-refractivity contribution in [3.8, 4) is 5.75 Å². The highest BCUT2D eigenvalue weighted by Gasteiger charge is 2.41. The van der Waals surface area contributed by atoms with Crippen LogP contribution in [0.15, 0.2) is 54.7 Å². The fourth-order valence-corrected chi connectivity index (χ4v) is 5.90. The number of methoxy groups -OCH3 is 1. The van der Waals surface area contributed by atoms with Crippen molar-refractivity contribution in [3.63, 3.8) is 0 Å². The van der Waals surface area contributed by atoms with Gasteiger partial charge >= 0.3 is 0 Å². The van der Waals surface area contributed by atoms with Crippen LogP contribution in [0.1, 0.15) is 46.7 Å². The summed E-state index contributed by atoms with van der Waals surface area (Å²) in [6, 6.07) is 16.7. The molecule has 3 aromatic rings. The standard InChI is InChI=1S/C29H37N5O2S/c1-21-19-25(22(2)33(21)14-6-13-32-15-17-36-18-16-32)28-27(26-7-4-5-12-30-26)31-29(37)34(28)20-23-8-10-24(35-3)11-9-23/h4-5,7-12,19,27-28H,6,13-18,20H2,1-3H3,(H,31,37)/t27-,28-/m1/s1. The predicted molar refractivity (Wildman–Crippen MR) is 150 cm³/mol. The van der Waals surface area contributed by atoms with E-state index in [2.05, 4.69) is 57.8 Å². The highest BCUT2D eigenvalue weighted by atomic mass is 32.1. The smallest absolute Gasteiger partial charge is 0.170 e. The van der Waals surface area contributed by atoms with Gasteiger partial charge < -0.3 is 24.3 Å². The van der Waals surface area contributed by atoms with Gasteiger partial charge in [-0.25, -0.2) is 0 Å². The number of hydrogen-bond acceptors (Lipinski definition) is 5. The lowest BCUT2D eigenvalue weighted by Gasteiger charge is -2.28. The number of thiocarbonyl (C=S) groups is 1. The van der Waals surface area contributed by atoms with Crippen molar-refractivity contribution in [2.45, 2.75) is 45.4 Å². The zero-order valence-corrected chi connectivity index (χ0v) is 22.8. The molecule has 0 aliphatic carbocycles. The van der Waals surface area contributed by atoms with Gasteiger partial charge in [-0.15, -0.1) is 0 Å². The maximum atomic E-state index is 5.91. The first-order valence-electron chi connectivity index (χ1n) is 13.1. The average Bonchev–Trinajstić information content (AvgIpc) is 3.40. The van der Waals surface area contributed by atoms with E-state index in [1.807, 2.05) is 30.5 Å². The van der Waals surface area contributed by atoms with Gasteiger partial charge in [0.1, 0.15) is 5.75 Å². The molecule has 2 saturated heterocycles. The molecule has 2 aliphatic rings. The van der Waals surface area contributed by atoms with Crippen molar-refractivity contribution >= 4 is 17.3 Å². The molecule has 1 aromatic carbocycles. The van der Waals surface area contributed by atoms with Gasteiger partial charge in [-0.2, -0.15) is 0 Å². The average molecular weight is 520 g/mol. The van der Waals surface area contributed by atoms with Crippen molar-refractivity contribution in [2.75, 3.05) is 40.0 Å². The minimum Gasteiger partial charge on any atom is -0.497 e. The van der Waals surface area contributed by atoms with E-state index in [4.69, 9.17) is 26.7 Å². The third-order valence-electron chi connectivity index (χ3n) is 7.60. The number of ether oxygens (including phenoxy) is 2.